The summed E-state index contributed by atoms with van der Waals surface area (Å²) in [5, 5.41) is 10.3. The molecule has 0 aliphatic heterocycles. The molecule has 0 atom stereocenters. The maximum Gasteiger partial charge on any atom is 0.316 e. The molecule has 1 amide bonds. The molecule has 7 nitrogen and oxygen atoms in total. The number of ether oxygens (including phenoxy) is 2. The Morgan fingerprint density at radius 3 is 2.87 bits per heavy atom. The Hall–Kier alpha value is -2.20. The minimum absolute atomic E-state index is 0.00534. The summed E-state index contributed by atoms with van der Waals surface area (Å²) in [6, 6.07) is 5.79. The van der Waals surface area contributed by atoms with Crippen molar-refractivity contribution in [3.8, 4) is 5.75 Å². The van der Waals surface area contributed by atoms with E-state index in [1.54, 1.807) is 6.07 Å². The molecule has 0 aliphatic carbocycles. The van der Waals surface area contributed by atoms with Gasteiger partial charge in [0.15, 0.2) is 22.5 Å². The number of aromatic nitrogens is 2. The Morgan fingerprint density at radius 1 is 1.35 bits per heavy atom. The predicted molar refractivity (Wildman–Crippen MR) is 83.2 cm³/mol. The van der Waals surface area contributed by atoms with Gasteiger partial charge in [0.1, 0.15) is 0 Å². The molecule has 122 valence electrons. The van der Waals surface area contributed by atoms with E-state index in [0.29, 0.717) is 4.34 Å². The van der Waals surface area contributed by atoms with Crippen LogP contribution in [0.1, 0.15) is 0 Å². The van der Waals surface area contributed by atoms with Crippen LogP contribution in [0.5, 0.6) is 5.75 Å². The van der Waals surface area contributed by atoms with Gasteiger partial charge in [-0.15, -0.1) is 10.2 Å². The highest BCUT2D eigenvalue weighted by atomic mass is 32.2. The molecule has 0 aliphatic rings. The van der Waals surface area contributed by atoms with E-state index in [9.17, 15) is 14.0 Å². The second-order valence-electron chi connectivity index (χ2n) is 4.01. The number of rotatable bonds is 7. The zero-order valence-electron chi connectivity index (χ0n) is 11.9. The van der Waals surface area contributed by atoms with E-state index in [-0.39, 0.29) is 29.2 Å². The molecular formula is C13H12FN3O4S2. The summed E-state index contributed by atoms with van der Waals surface area (Å²) in [7, 11) is 1.30. The number of benzene rings is 1. The Kier molecular flexibility index (Phi) is 6.29. The number of nitrogens with zero attached hydrogens (tertiary/aromatic N) is 2. The molecule has 0 saturated heterocycles. The highest BCUT2D eigenvalue weighted by Gasteiger charge is 2.11. The van der Waals surface area contributed by atoms with E-state index in [1.807, 2.05) is 0 Å². The summed E-state index contributed by atoms with van der Waals surface area (Å²) in [6.45, 7) is -0.356. The van der Waals surface area contributed by atoms with Crippen LogP contribution in [0.15, 0.2) is 28.6 Å². The third-order valence-electron chi connectivity index (χ3n) is 2.39. The van der Waals surface area contributed by atoms with E-state index < -0.39 is 11.7 Å². The fourth-order valence-corrected chi connectivity index (χ4v) is 2.96. The molecule has 23 heavy (non-hydrogen) atoms. The molecule has 1 aromatic carbocycles. The van der Waals surface area contributed by atoms with Gasteiger partial charge in [0.25, 0.3) is 5.91 Å². The van der Waals surface area contributed by atoms with Gasteiger partial charge in [0.2, 0.25) is 5.13 Å². The molecule has 0 fully saturated rings. The topological polar surface area (TPSA) is 90.4 Å². The number of thioether (sulfide) groups is 1. The number of amides is 1. The Labute approximate surface area is 139 Å². The monoisotopic (exact) mass is 357 g/mol. The van der Waals surface area contributed by atoms with Crippen molar-refractivity contribution < 1.29 is 23.5 Å². The molecule has 0 radical (unpaired) electrons. The molecular weight excluding hydrogens is 345 g/mol. The van der Waals surface area contributed by atoms with Crippen molar-refractivity contribution in [1.29, 1.82) is 0 Å². The predicted octanol–water partition coefficient (Wildman–Crippen LogP) is 1.96. The van der Waals surface area contributed by atoms with Gasteiger partial charge in [0, 0.05) is 0 Å². The quantitative estimate of drug-likeness (QED) is 0.460. The fourth-order valence-electron chi connectivity index (χ4n) is 1.36. The maximum absolute atomic E-state index is 13.3. The summed E-state index contributed by atoms with van der Waals surface area (Å²) in [6.07, 6.45) is 0. The van der Waals surface area contributed by atoms with Gasteiger partial charge in [-0.3, -0.25) is 14.9 Å². The van der Waals surface area contributed by atoms with Crippen LogP contribution in [0.25, 0.3) is 0 Å². The van der Waals surface area contributed by atoms with E-state index in [1.165, 1.54) is 25.3 Å². The van der Waals surface area contributed by atoms with Crippen molar-refractivity contribution in [3.05, 3.63) is 30.1 Å². The van der Waals surface area contributed by atoms with Gasteiger partial charge in [-0.25, -0.2) is 4.39 Å². The van der Waals surface area contributed by atoms with Gasteiger partial charge in [-0.05, 0) is 12.1 Å². The molecule has 0 bridgehead atoms. The number of anilines is 1. The smallest absolute Gasteiger partial charge is 0.316 e. The van der Waals surface area contributed by atoms with Crippen LogP contribution in [-0.2, 0) is 14.3 Å². The van der Waals surface area contributed by atoms with Crippen molar-refractivity contribution >= 4 is 40.1 Å². The lowest BCUT2D eigenvalue weighted by Gasteiger charge is -2.05. The van der Waals surface area contributed by atoms with Crippen LogP contribution in [-0.4, -0.2) is 41.5 Å². The minimum Gasteiger partial charge on any atom is -0.481 e. The van der Waals surface area contributed by atoms with Crippen LogP contribution < -0.4 is 10.1 Å². The number of methoxy groups -OCH3 is 1. The first-order chi connectivity index (χ1) is 11.1. The van der Waals surface area contributed by atoms with E-state index in [0.717, 1.165) is 23.1 Å². The number of para-hydroxylation sites is 1. The number of hydrogen-bond acceptors (Lipinski definition) is 8. The number of nitrogens with one attached hydrogen (secondary N) is 1. The first-order valence-electron chi connectivity index (χ1n) is 6.29. The van der Waals surface area contributed by atoms with Crippen molar-refractivity contribution in [3.63, 3.8) is 0 Å². The Balaban J connectivity index is 1.80. The van der Waals surface area contributed by atoms with Crippen molar-refractivity contribution in [2.45, 2.75) is 4.34 Å². The number of hydrogen-bond donors (Lipinski definition) is 1. The van der Waals surface area contributed by atoms with Crippen molar-refractivity contribution in [2.24, 2.45) is 0 Å². The van der Waals surface area contributed by atoms with Gasteiger partial charge in [0.05, 0.1) is 12.9 Å². The number of carbonyl (C=O) groups excluding carboxylic acids is 2. The zero-order valence-corrected chi connectivity index (χ0v) is 13.6. The van der Waals surface area contributed by atoms with Gasteiger partial charge < -0.3 is 9.47 Å². The largest absolute Gasteiger partial charge is 0.481 e. The van der Waals surface area contributed by atoms with E-state index in [2.05, 4.69) is 20.3 Å². The number of esters is 1. The molecule has 1 aromatic heterocycles. The van der Waals surface area contributed by atoms with Crippen LogP contribution in [0.3, 0.4) is 0 Å². The molecule has 1 heterocycles. The van der Waals surface area contributed by atoms with Crippen LogP contribution in [0.4, 0.5) is 9.52 Å². The lowest BCUT2D eigenvalue weighted by atomic mass is 10.3. The highest BCUT2D eigenvalue weighted by Crippen LogP contribution is 2.25. The molecule has 2 aromatic rings. The van der Waals surface area contributed by atoms with Crippen LogP contribution in [0.2, 0.25) is 0 Å². The third-order valence-corrected chi connectivity index (χ3v) is 4.33. The second kappa shape index (κ2) is 8.44. The normalized spacial score (nSPS) is 10.2. The summed E-state index contributed by atoms with van der Waals surface area (Å²) in [4.78, 5) is 22.7. The summed E-state index contributed by atoms with van der Waals surface area (Å²) in [5.41, 5.74) is 0. The molecule has 2 rings (SSSR count). The summed E-state index contributed by atoms with van der Waals surface area (Å²) < 4.78 is 23.4. The minimum atomic E-state index is -0.544. The lowest BCUT2D eigenvalue weighted by molar-refractivity contribution is -0.137. The fraction of sp³-hybridized carbons (Fsp3) is 0.231. The Bertz CT molecular complexity index is 695. The van der Waals surface area contributed by atoms with Gasteiger partial charge in [-0.2, -0.15) is 0 Å². The third kappa shape index (κ3) is 5.49. The maximum atomic E-state index is 13.3. The average Bonchev–Trinajstić information content (AvgIpc) is 2.99. The van der Waals surface area contributed by atoms with Crippen molar-refractivity contribution in [1.82, 2.24) is 10.2 Å². The molecule has 10 heteroatoms. The molecule has 0 unspecified atom stereocenters. The number of carbonyl (C=O) groups is 2. The lowest BCUT2D eigenvalue weighted by Crippen LogP contribution is -2.20. The summed E-state index contributed by atoms with van der Waals surface area (Å²) in [5.74, 6) is -1.31. The van der Waals surface area contributed by atoms with E-state index >= 15 is 0 Å². The first kappa shape index (κ1) is 17.2. The molecule has 1 N–H and O–H groups in total. The zero-order chi connectivity index (χ0) is 16.7. The first-order valence-corrected chi connectivity index (χ1v) is 8.09. The molecule has 0 spiro atoms. The molecule has 0 saturated carbocycles. The van der Waals surface area contributed by atoms with Crippen LogP contribution in [0, 0.1) is 5.82 Å². The number of halogens is 1. The van der Waals surface area contributed by atoms with Gasteiger partial charge >= 0.3 is 5.97 Å². The second-order valence-corrected chi connectivity index (χ2v) is 6.21. The van der Waals surface area contributed by atoms with Crippen molar-refractivity contribution in [2.75, 3.05) is 24.8 Å². The van der Waals surface area contributed by atoms with E-state index in [4.69, 9.17) is 4.74 Å². The van der Waals surface area contributed by atoms with Crippen LogP contribution >= 0.6 is 23.1 Å². The SMILES string of the molecule is COC(=O)CSc1nnc(NC(=O)COc2ccccc2F)s1. The highest BCUT2D eigenvalue weighted by molar-refractivity contribution is 8.01. The van der Waals surface area contributed by atoms with Gasteiger partial charge in [-0.1, -0.05) is 35.2 Å². The standard InChI is InChI=1S/C13H12FN3O4S2/c1-20-11(19)7-22-13-17-16-12(23-13)15-10(18)6-21-9-5-3-2-4-8(9)14/h2-5H,6-7H2,1H3,(H,15,16,18). The Morgan fingerprint density at radius 2 is 2.13 bits per heavy atom. The summed E-state index contributed by atoms with van der Waals surface area (Å²) >= 11 is 2.26. The average molecular weight is 357 g/mol.